The van der Waals surface area contributed by atoms with E-state index < -0.39 is 116 Å². The highest BCUT2D eigenvalue weighted by atomic mass is 35.5. The smallest absolute Gasteiger partial charge is 0.338 e. The minimum Gasteiger partial charge on any atom is -0.459 e. The lowest BCUT2D eigenvalue weighted by Crippen LogP contribution is -2.70. The average molecular weight is 1230 g/mol. The van der Waals surface area contributed by atoms with Crippen LogP contribution in [0.15, 0.2) is 182 Å². The molecule has 0 aliphatic carbocycles. The maximum Gasteiger partial charge on any atom is 0.338 e. The van der Waals surface area contributed by atoms with Crippen LogP contribution in [0, 0.1) is 0 Å². The summed E-state index contributed by atoms with van der Waals surface area (Å²) in [7, 11) is 0. The molecule has 0 saturated carbocycles. The fourth-order valence-electron chi connectivity index (χ4n) is 8.96. The predicted octanol–water partition coefficient (Wildman–Crippen LogP) is 10.7. The number of halogens is 5. The van der Waals surface area contributed by atoms with Gasteiger partial charge in [-0.3, -0.25) is 0 Å². The molecular formula is C61H47Cl5O17. The van der Waals surface area contributed by atoms with Crippen molar-refractivity contribution in [2.45, 2.75) is 67.3 Å². The van der Waals surface area contributed by atoms with E-state index in [4.69, 9.17) is 101 Å². The predicted molar refractivity (Wildman–Crippen MR) is 301 cm³/mol. The summed E-state index contributed by atoms with van der Waals surface area (Å²) in [6, 6.07) is 43.6. The normalized spacial score (nSPS) is 23.0. The fraction of sp³-hybridized carbons (Fsp3) is 0.213. The van der Waals surface area contributed by atoms with Crippen molar-refractivity contribution in [3.63, 3.8) is 0 Å². The number of rotatable bonds is 18. The van der Waals surface area contributed by atoms with Crippen molar-refractivity contribution >= 4 is 93.8 Å². The second-order valence-electron chi connectivity index (χ2n) is 18.8. The van der Waals surface area contributed by atoms with Gasteiger partial charge in [0.2, 0.25) is 5.79 Å². The topological polar surface area (TPSA) is 226 Å². The third-order valence-electron chi connectivity index (χ3n) is 13.1. The summed E-state index contributed by atoms with van der Waals surface area (Å²) in [5.74, 6) is -8.87. The molecule has 0 bridgehead atoms. The summed E-state index contributed by atoms with van der Waals surface area (Å²) in [6.45, 7) is -1.64. The van der Waals surface area contributed by atoms with Crippen molar-refractivity contribution in [2.75, 3.05) is 13.2 Å². The molecule has 22 heteroatoms. The van der Waals surface area contributed by atoms with Gasteiger partial charge < -0.3 is 52.8 Å². The Kier molecular flexibility index (Phi) is 19.8. The van der Waals surface area contributed by atoms with Crippen LogP contribution >= 0.6 is 58.0 Å². The third-order valence-corrected chi connectivity index (χ3v) is 14.4. The van der Waals surface area contributed by atoms with Crippen molar-refractivity contribution in [2.24, 2.45) is 0 Å². The van der Waals surface area contributed by atoms with Crippen molar-refractivity contribution < 1.29 is 81.6 Å². The zero-order chi connectivity index (χ0) is 58.8. The van der Waals surface area contributed by atoms with Gasteiger partial charge in [0.25, 0.3) is 0 Å². The number of hydrogen-bond donors (Lipinski definition) is 2. The zero-order valence-electron chi connectivity index (χ0n) is 43.0. The van der Waals surface area contributed by atoms with Gasteiger partial charge in [-0.05, 0) is 139 Å². The van der Waals surface area contributed by atoms with E-state index in [1.165, 1.54) is 133 Å². The Morgan fingerprint density at radius 3 is 1.19 bits per heavy atom. The maximum atomic E-state index is 14.6. The summed E-state index contributed by atoms with van der Waals surface area (Å²) in [4.78, 5) is 84.8. The van der Waals surface area contributed by atoms with Gasteiger partial charge in [0.15, 0.2) is 30.7 Å². The van der Waals surface area contributed by atoms with Crippen molar-refractivity contribution in [3.05, 3.63) is 246 Å². The molecule has 0 amide bonds. The molecule has 2 heterocycles. The molecule has 2 fully saturated rings. The minimum atomic E-state index is -2.73. The Morgan fingerprint density at radius 2 is 0.759 bits per heavy atom. The molecule has 83 heavy (non-hydrogen) atoms. The Bertz CT molecular complexity index is 3390. The first-order valence-corrected chi connectivity index (χ1v) is 27.2. The highest BCUT2D eigenvalue weighted by Gasteiger charge is 2.61. The number of aliphatic hydroxyl groups excluding tert-OH is 1. The van der Waals surface area contributed by atoms with Gasteiger partial charge in [-0.2, -0.15) is 0 Å². The summed E-state index contributed by atoms with van der Waals surface area (Å²) >= 11 is 30.8. The van der Waals surface area contributed by atoms with Gasteiger partial charge in [0.05, 0.1) is 33.4 Å². The minimum absolute atomic E-state index is 0.0164. The molecule has 7 aromatic carbocycles. The number of aliphatic hydroxyl groups is 2. The van der Waals surface area contributed by atoms with E-state index >= 15 is 0 Å². The molecule has 7 aromatic rings. The van der Waals surface area contributed by atoms with Crippen LogP contribution in [0.5, 0.6) is 0 Å². The van der Waals surface area contributed by atoms with Crippen LogP contribution in [-0.2, 0) is 49.1 Å². The monoisotopic (exact) mass is 1230 g/mol. The van der Waals surface area contributed by atoms with Crippen LogP contribution < -0.4 is 0 Å². The standard InChI is InChI=1S/C61H47Cl5O17/c62-41-21-11-36(12-22-41)54(68)75-32-46-49(78-56(70)35-9-5-2-6-10-35)48(67)51(79-57(71)38-15-25-43(64)26-16-38)60(77-46)81-50-47(33-76-55(69)37-13-23-42(63)24-14-37)83-61(74,31-34-7-3-1-4-8-34)53(82-59(73)40-19-29-45(66)30-20-40)52(50)80-58(72)39-17-27-44(65)28-18-39/h1-30,46-53,60,67,74H,31-33H2/t46-,47-,48+,49+,50-,51-,52+,53-,60+,61-/m1/s1. The largest absolute Gasteiger partial charge is 0.459 e. The van der Waals surface area contributed by atoms with E-state index in [1.54, 1.807) is 48.5 Å². The Hall–Kier alpha value is -7.39. The molecule has 0 radical (unpaired) electrons. The SMILES string of the molecule is O=C(OC[C@H]1O[C@@H](O[C@H]2[C@H](OC(=O)c3ccc(Cl)cc3)[C@@H](OC(=O)c3ccc(Cl)cc3)[C@@](O)(Cc3ccccc3)O[C@@H]2COC(=O)c2ccc(Cl)cc2)[C@H](OC(=O)c2ccc(Cl)cc2)[C@@H](O)[C@H]1OC(=O)c1ccccc1)c1ccc(Cl)cc1. The first kappa shape index (κ1) is 60.2. The van der Waals surface area contributed by atoms with Gasteiger partial charge in [-0.25, -0.2) is 28.8 Å². The van der Waals surface area contributed by atoms with E-state index in [0.29, 0.717) is 15.6 Å². The van der Waals surface area contributed by atoms with Crippen LogP contribution in [-0.4, -0.2) is 120 Å². The van der Waals surface area contributed by atoms with Crippen molar-refractivity contribution in [1.82, 2.24) is 0 Å². The highest BCUT2D eigenvalue weighted by Crippen LogP contribution is 2.40. The molecular weight excluding hydrogens is 1180 g/mol. The lowest BCUT2D eigenvalue weighted by molar-refractivity contribution is -0.380. The number of ether oxygens (including phenoxy) is 9. The summed E-state index contributed by atoms with van der Waals surface area (Å²) < 4.78 is 56.0. The van der Waals surface area contributed by atoms with E-state index in [-0.39, 0.29) is 48.4 Å². The third kappa shape index (κ3) is 15.2. The lowest BCUT2D eigenvalue weighted by Gasteiger charge is -2.51. The molecule has 2 N–H and O–H groups in total. The van der Waals surface area contributed by atoms with Gasteiger partial charge in [-0.15, -0.1) is 0 Å². The molecule has 9 rings (SSSR count). The van der Waals surface area contributed by atoms with Crippen LogP contribution in [0.2, 0.25) is 25.1 Å². The number of benzene rings is 7. The summed E-state index contributed by atoms with van der Waals surface area (Å²) in [5, 5.41) is 27.2. The van der Waals surface area contributed by atoms with Crippen LogP contribution in [0.25, 0.3) is 0 Å². The molecule has 2 saturated heterocycles. The summed E-state index contributed by atoms with van der Waals surface area (Å²) in [5.41, 5.74) is 0.186. The quantitative estimate of drug-likeness (QED) is 0.0602. The zero-order valence-corrected chi connectivity index (χ0v) is 46.8. The van der Waals surface area contributed by atoms with Gasteiger partial charge in [-0.1, -0.05) is 107 Å². The Balaban J connectivity index is 1.19. The Labute approximate surface area is 499 Å². The Morgan fingerprint density at radius 1 is 0.410 bits per heavy atom. The van der Waals surface area contributed by atoms with Gasteiger partial charge in [0.1, 0.15) is 37.6 Å². The first-order valence-electron chi connectivity index (χ1n) is 25.4. The molecule has 2 aliphatic rings. The molecule has 428 valence electrons. The van der Waals surface area contributed by atoms with Crippen LogP contribution in [0.1, 0.15) is 67.7 Å². The van der Waals surface area contributed by atoms with E-state index in [1.807, 2.05) is 0 Å². The van der Waals surface area contributed by atoms with Gasteiger partial charge >= 0.3 is 35.8 Å². The van der Waals surface area contributed by atoms with E-state index in [9.17, 15) is 39.0 Å². The molecule has 2 aliphatic heterocycles. The molecule has 17 nitrogen and oxygen atoms in total. The van der Waals surface area contributed by atoms with Crippen molar-refractivity contribution in [1.29, 1.82) is 0 Å². The van der Waals surface area contributed by atoms with E-state index in [2.05, 4.69) is 0 Å². The number of carbonyl (C=O) groups excluding carboxylic acids is 6. The highest BCUT2D eigenvalue weighted by molar-refractivity contribution is 6.32. The summed E-state index contributed by atoms with van der Waals surface area (Å²) in [6.07, 6.45) is -18.4. The van der Waals surface area contributed by atoms with Crippen molar-refractivity contribution in [3.8, 4) is 0 Å². The molecule has 10 atom stereocenters. The number of hydrogen-bond acceptors (Lipinski definition) is 17. The maximum absolute atomic E-state index is 14.6. The average Bonchev–Trinajstić information content (AvgIpc) is 1.88. The second kappa shape index (κ2) is 27.3. The fourth-order valence-corrected chi connectivity index (χ4v) is 9.59. The van der Waals surface area contributed by atoms with Gasteiger partial charge in [0, 0.05) is 31.5 Å². The second-order valence-corrected chi connectivity index (χ2v) is 21.0. The van der Waals surface area contributed by atoms with Crippen LogP contribution in [0.3, 0.4) is 0 Å². The van der Waals surface area contributed by atoms with Crippen LogP contribution in [0.4, 0.5) is 0 Å². The molecule has 0 unspecified atom stereocenters. The lowest BCUT2D eigenvalue weighted by atomic mass is 9.87. The van der Waals surface area contributed by atoms with E-state index in [0.717, 1.165) is 0 Å². The number of carbonyl (C=O) groups is 6. The molecule has 0 spiro atoms. The number of esters is 6. The first-order chi connectivity index (χ1) is 39.9. The molecule has 0 aromatic heterocycles.